The van der Waals surface area contributed by atoms with Crippen molar-refractivity contribution >= 4 is 11.9 Å². The summed E-state index contributed by atoms with van der Waals surface area (Å²) < 4.78 is 29.9. The van der Waals surface area contributed by atoms with Crippen molar-refractivity contribution in [3.8, 4) is 5.75 Å². The molecule has 53 heavy (non-hydrogen) atoms. The van der Waals surface area contributed by atoms with Gasteiger partial charge in [-0.2, -0.15) is 0 Å². The van der Waals surface area contributed by atoms with Gasteiger partial charge in [-0.3, -0.25) is 9.69 Å². The zero-order valence-corrected chi connectivity index (χ0v) is 33.2. The molecule has 294 valence electrons. The summed E-state index contributed by atoms with van der Waals surface area (Å²) >= 11 is 0. The highest BCUT2D eigenvalue weighted by Gasteiger charge is 2.44. The highest BCUT2D eigenvalue weighted by Crippen LogP contribution is 2.38. The summed E-state index contributed by atoms with van der Waals surface area (Å²) in [5.74, 6) is 0.764. The fourth-order valence-corrected chi connectivity index (χ4v) is 8.42. The lowest BCUT2D eigenvalue weighted by Gasteiger charge is -2.42. The minimum atomic E-state index is -0.624. The van der Waals surface area contributed by atoms with Crippen molar-refractivity contribution in [1.82, 2.24) is 9.80 Å². The number of piperidine rings is 1. The van der Waals surface area contributed by atoms with Crippen LogP contribution in [0.3, 0.4) is 0 Å². The van der Waals surface area contributed by atoms with Crippen LogP contribution in [0.5, 0.6) is 5.75 Å². The Labute approximate surface area is 319 Å². The molecule has 3 aliphatic rings. The van der Waals surface area contributed by atoms with E-state index in [1.165, 1.54) is 23.1 Å². The Hall–Kier alpha value is -2.98. The zero-order valence-electron chi connectivity index (χ0n) is 33.2. The molecule has 1 aliphatic carbocycles. The standard InChI is InChI=1S/C44H66N2O7/c1-32(2)28-41(52-31-49-5)42(36-12-7-6-8-13-36)43(47)46-21-10-9-16-39(46)44(48)53-40(20-19-35-18-17-33(3)34(4)29-35)37-14-11-15-38(30-37)51-27-24-45-22-25-50-26-23-45/h11,14-15,17-18,29-30,32,36,39-42H,6-10,12-13,16,19-28,31H2,1-5H3/t39-,40?,41?,42-/m0/s1. The first-order valence-electron chi connectivity index (χ1n) is 20.4. The van der Waals surface area contributed by atoms with Crippen LogP contribution >= 0.6 is 0 Å². The number of amides is 1. The molecule has 0 aromatic heterocycles. The first kappa shape index (κ1) is 41.2. The minimum Gasteiger partial charge on any atom is -0.492 e. The zero-order chi connectivity index (χ0) is 37.6. The number of benzene rings is 2. The number of carbonyl (C=O) groups excluding carboxylic acids is 2. The van der Waals surface area contributed by atoms with Crippen LogP contribution in [0, 0.1) is 31.6 Å². The molecule has 2 saturated heterocycles. The maximum Gasteiger partial charge on any atom is 0.329 e. The molecule has 9 heteroatoms. The van der Waals surface area contributed by atoms with Crippen molar-refractivity contribution in [2.45, 2.75) is 117 Å². The van der Waals surface area contributed by atoms with Crippen molar-refractivity contribution in [1.29, 1.82) is 0 Å². The SMILES string of the molecule is COCOC(CC(C)C)[C@@H](C(=O)N1CCCC[C@H]1C(=O)OC(CCc1ccc(C)c(C)c1)c1cccc(OCCN2CCOCC2)c1)C1CCCCC1. The van der Waals surface area contributed by atoms with Crippen LogP contribution < -0.4 is 4.74 Å². The molecule has 0 N–H and O–H groups in total. The molecular weight excluding hydrogens is 668 g/mol. The van der Waals surface area contributed by atoms with Gasteiger partial charge in [-0.1, -0.05) is 63.4 Å². The van der Waals surface area contributed by atoms with Gasteiger partial charge < -0.3 is 28.6 Å². The van der Waals surface area contributed by atoms with Crippen LogP contribution in [-0.2, 0) is 35.0 Å². The molecule has 2 unspecified atom stereocenters. The van der Waals surface area contributed by atoms with E-state index in [4.69, 9.17) is 23.7 Å². The normalized spacial score (nSPS) is 20.6. The lowest BCUT2D eigenvalue weighted by atomic mass is 9.74. The number of rotatable bonds is 18. The second-order valence-electron chi connectivity index (χ2n) is 16.0. The van der Waals surface area contributed by atoms with Crippen molar-refractivity contribution in [2.75, 3.05) is 59.9 Å². The van der Waals surface area contributed by atoms with Gasteiger partial charge in [-0.05, 0) is 111 Å². The average Bonchev–Trinajstić information content (AvgIpc) is 3.17. The maximum absolute atomic E-state index is 14.9. The molecule has 0 bridgehead atoms. The van der Waals surface area contributed by atoms with Gasteiger partial charge in [-0.15, -0.1) is 0 Å². The van der Waals surface area contributed by atoms with E-state index in [9.17, 15) is 9.59 Å². The third kappa shape index (κ3) is 12.3. The van der Waals surface area contributed by atoms with E-state index in [1.54, 1.807) is 7.11 Å². The lowest BCUT2D eigenvalue weighted by Crippen LogP contribution is -2.54. The Bertz CT molecular complexity index is 1420. The largest absolute Gasteiger partial charge is 0.492 e. The summed E-state index contributed by atoms with van der Waals surface area (Å²) in [6, 6.07) is 13.9. The fraction of sp³-hybridized carbons (Fsp3) is 0.682. The number of carbonyl (C=O) groups is 2. The number of morpholine rings is 1. The van der Waals surface area contributed by atoms with Crippen LogP contribution in [0.15, 0.2) is 42.5 Å². The molecule has 9 nitrogen and oxygen atoms in total. The van der Waals surface area contributed by atoms with Crippen molar-refractivity contribution in [2.24, 2.45) is 17.8 Å². The number of hydrogen-bond acceptors (Lipinski definition) is 8. The molecule has 0 spiro atoms. The Morgan fingerprint density at radius 2 is 1.68 bits per heavy atom. The minimum absolute atomic E-state index is 0.0441. The van der Waals surface area contributed by atoms with Crippen molar-refractivity contribution in [3.05, 3.63) is 64.7 Å². The smallest absolute Gasteiger partial charge is 0.329 e. The van der Waals surface area contributed by atoms with Gasteiger partial charge in [0, 0.05) is 33.3 Å². The third-order valence-electron chi connectivity index (χ3n) is 11.5. The van der Waals surface area contributed by atoms with Gasteiger partial charge in [0.15, 0.2) is 0 Å². The summed E-state index contributed by atoms with van der Waals surface area (Å²) in [4.78, 5) is 33.5. The number of likely N-dealkylation sites (tertiary alicyclic amines) is 1. The van der Waals surface area contributed by atoms with Crippen molar-refractivity contribution in [3.63, 3.8) is 0 Å². The molecule has 2 aliphatic heterocycles. The van der Waals surface area contributed by atoms with Crippen LogP contribution in [0.1, 0.15) is 106 Å². The monoisotopic (exact) mass is 734 g/mol. The number of methoxy groups -OCH3 is 1. The predicted octanol–water partition coefficient (Wildman–Crippen LogP) is 7.84. The Morgan fingerprint density at radius 3 is 2.42 bits per heavy atom. The second-order valence-corrected chi connectivity index (χ2v) is 16.0. The summed E-state index contributed by atoms with van der Waals surface area (Å²) in [6.07, 6.45) is 9.22. The topological polar surface area (TPSA) is 86.8 Å². The molecule has 1 saturated carbocycles. The first-order valence-corrected chi connectivity index (χ1v) is 20.4. The molecule has 2 aromatic rings. The molecule has 3 fully saturated rings. The van der Waals surface area contributed by atoms with Gasteiger partial charge in [0.2, 0.25) is 5.91 Å². The van der Waals surface area contributed by atoms with E-state index >= 15 is 0 Å². The van der Waals surface area contributed by atoms with E-state index in [1.807, 2.05) is 29.2 Å². The third-order valence-corrected chi connectivity index (χ3v) is 11.5. The van der Waals surface area contributed by atoms with Gasteiger partial charge in [0.1, 0.15) is 31.3 Å². The van der Waals surface area contributed by atoms with Crippen molar-refractivity contribution < 1.29 is 33.3 Å². The van der Waals surface area contributed by atoms with E-state index in [0.29, 0.717) is 31.9 Å². The average molecular weight is 735 g/mol. The highest BCUT2D eigenvalue weighted by atomic mass is 16.7. The van der Waals surface area contributed by atoms with E-state index in [-0.39, 0.29) is 36.6 Å². The summed E-state index contributed by atoms with van der Waals surface area (Å²) in [5.41, 5.74) is 4.63. The summed E-state index contributed by atoms with van der Waals surface area (Å²) in [6.45, 7) is 14.1. The molecular formula is C44H66N2O7. The molecule has 4 atom stereocenters. The molecule has 5 rings (SSSR count). The number of hydrogen-bond donors (Lipinski definition) is 0. The Morgan fingerprint density at radius 1 is 0.906 bits per heavy atom. The Balaban J connectivity index is 1.36. The predicted molar refractivity (Wildman–Crippen MR) is 208 cm³/mol. The molecule has 2 heterocycles. The first-order chi connectivity index (χ1) is 25.7. The molecule has 0 radical (unpaired) electrons. The van der Waals surface area contributed by atoms with Gasteiger partial charge in [0.05, 0.1) is 25.2 Å². The van der Waals surface area contributed by atoms with Crippen LogP contribution in [0.4, 0.5) is 0 Å². The van der Waals surface area contributed by atoms with Crippen LogP contribution in [-0.4, -0.2) is 93.7 Å². The lowest BCUT2D eigenvalue weighted by molar-refractivity contribution is -0.169. The van der Waals surface area contributed by atoms with Gasteiger partial charge in [0.25, 0.3) is 0 Å². The number of nitrogens with zero attached hydrogens (tertiary/aromatic N) is 2. The maximum atomic E-state index is 14.9. The highest BCUT2D eigenvalue weighted by molar-refractivity contribution is 5.86. The van der Waals surface area contributed by atoms with E-state index < -0.39 is 12.1 Å². The molecule has 2 aromatic carbocycles. The van der Waals surface area contributed by atoms with E-state index in [0.717, 1.165) is 95.5 Å². The second kappa shape index (κ2) is 21.2. The van der Waals surface area contributed by atoms with Gasteiger partial charge >= 0.3 is 5.97 Å². The fourth-order valence-electron chi connectivity index (χ4n) is 8.42. The summed E-state index contributed by atoms with van der Waals surface area (Å²) in [5, 5.41) is 0. The number of esters is 1. The van der Waals surface area contributed by atoms with E-state index in [2.05, 4.69) is 50.8 Å². The van der Waals surface area contributed by atoms with Crippen LogP contribution in [0.25, 0.3) is 0 Å². The number of aryl methyl sites for hydroxylation is 3. The van der Waals surface area contributed by atoms with Gasteiger partial charge in [-0.25, -0.2) is 4.79 Å². The molecule has 1 amide bonds. The Kier molecular flexibility index (Phi) is 16.5. The quantitative estimate of drug-likeness (QED) is 0.113. The summed E-state index contributed by atoms with van der Waals surface area (Å²) in [7, 11) is 1.63. The number of ether oxygens (including phenoxy) is 5. The van der Waals surface area contributed by atoms with Crippen LogP contribution in [0.2, 0.25) is 0 Å².